The fourth-order valence-electron chi connectivity index (χ4n) is 3.74. The van der Waals surface area contributed by atoms with Crippen LogP contribution in [0.1, 0.15) is 22.1 Å². The van der Waals surface area contributed by atoms with Gasteiger partial charge in [-0.2, -0.15) is 0 Å². The molecule has 0 bridgehead atoms. The Kier molecular flexibility index (Phi) is 6.64. The number of nitrogens with zero attached hydrogens (tertiary/aromatic N) is 3. The lowest BCUT2D eigenvalue weighted by Crippen LogP contribution is -2.43. The summed E-state index contributed by atoms with van der Waals surface area (Å²) in [5.74, 6) is 0.337. The summed E-state index contributed by atoms with van der Waals surface area (Å²) in [6, 6.07) is 19.8. The van der Waals surface area contributed by atoms with E-state index in [-0.39, 0.29) is 17.6 Å². The minimum atomic E-state index is -0.242. The molecule has 0 spiro atoms. The molecule has 2 heterocycles. The largest absolute Gasteiger partial charge is 0.379 e. The first-order valence-corrected chi connectivity index (χ1v) is 10.5. The topological polar surface area (TPSA) is 70.8 Å². The second-order valence-corrected chi connectivity index (χ2v) is 7.80. The van der Waals surface area contributed by atoms with Crippen molar-refractivity contribution in [3.05, 3.63) is 71.9 Å². The molecule has 7 heteroatoms. The summed E-state index contributed by atoms with van der Waals surface area (Å²) < 4.78 is 10.9. The molecule has 1 fully saturated rings. The molecule has 162 valence electrons. The molecular formula is C24H28N4O3. The Balaban J connectivity index is 1.47. The molecular weight excluding hydrogens is 392 g/mol. The van der Waals surface area contributed by atoms with Gasteiger partial charge in [0, 0.05) is 51.0 Å². The molecule has 1 aliphatic heterocycles. The van der Waals surface area contributed by atoms with E-state index in [2.05, 4.69) is 44.5 Å². The quantitative estimate of drug-likeness (QED) is 0.633. The van der Waals surface area contributed by atoms with Crippen LogP contribution in [-0.2, 0) is 4.74 Å². The van der Waals surface area contributed by atoms with E-state index >= 15 is 0 Å². The molecule has 1 N–H and O–H groups in total. The lowest BCUT2D eigenvalue weighted by atomic mass is 10.0. The summed E-state index contributed by atoms with van der Waals surface area (Å²) in [6.07, 6.45) is 0. The van der Waals surface area contributed by atoms with Crippen LogP contribution in [0.5, 0.6) is 0 Å². The molecule has 1 aliphatic rings. The van der Waals surface area contributed by atoms with E-state index in [1.54, 1.807) is 6.07 Å². The monoisotopic (exact) mass is 420 g/mol. The zero-order chi connectivity index (χ0) is 21.6. The molecule has 1 aromatic heterocycles. The third-order valence-electron chi connectivity index (χ3n) is 5.54. The SMILES string of the molecule is CN(C)c1ccc([C@H](CNC(=O)c2cc(-c3ccccc3)on2)N2CCOCC2)cc1. The van der Waals surface area contributed by atoms with Gasteiger partial charge in [0.1, 0.15) is 0 Å². The van der Waals surface area contributed by atoms with E-state index in [1.165, 1.54) is 0 Å². The van der Waals surface area contributed by atoms with Gasteiger partial charge in [0.05, 0.1) is 19.3 Å². The first-order valence-electron chi connectivity index (χ1n) is 10.5. The van der Waals surface area contributed by atoms with Gasteiger partial charge in [-0.05, 0) is 17.7 Å². The Morgan fingerprint density at radius 2 is 1.81 bits per heavy atom. The minimum Gasteiger partial charge on any atom is -0.379 e. The number of anilines is 1. The Morgan fingerprint density at radius 3 is 2.48 bits per heavy atom. The number of carbonyl (C=O) groups is 1. The second kappa shape index (κ2) is 9.76. The molecule has 2 aromatic carbocycles. The molecule has 0 aliphatic carbocycles. The number of aromatic nitrogens is 1. The van der Waals surface area contributed by atoms with Crippen molar-refractivity contribution in [2.45, 2.75) is 6.04 Å². The van der Waals surface area contributed by atoms with Gasteiger partial charge in [0.2, 0.25) is 0 Å². The van der Waals surface area contributed by atoms with E-state index < -0.39 is 0 Å². The van der Waals surface area contributed by atoms with E-state index in [1.807, 2.05) is 44.4 Å². The van der Waals surface area contributed by atoms with Crippen LogP contribution in [0.2, 0.25) is 0 Å². The van der Waals surface area contributed by atoms with Gasteiger partial charge < -0.3 is 19.5 Å². The Hall–Kier alpha value is -3.16. The normalized spacial score (nSPS) is 15.4. The number of carbonyl (C=O) groups excluding carboxylic acids is 1. The number of nitrogens with one attached hydrogen (secondary N) is 1. The average Bonchev–Trinajstić information content (AvgIpc) is 3.31. The third-order valence-corrected chi connectivity index (χ3v) is 5.54. The number of benzene rings is 2. The molecule has 0 unspecified atom stereocenters. The highest BCUT2D eigenvalue weighted by atomic mass is 16.5. The number of hydrogen-bond acceptors (Lipinski definition) is 6. The van der Waals surface area contributed by atoms with Gasteiger partial charge in [-0.3, -0.25) is 9.69 Å². The Bertz CT molecular complexity index is 980. The van der Waals surface area contributed by atoms with E-state index in [4.69, 9.17) is 9.26 Å². The maximum absolute atomic E-state index is 12.8. The smallest absolute Gasteiger partial charge is 0.273 e. The fraction of sp³-hybridized carbons (Fsp3) is 0.333. The number of hydrogen-bond donors (Lipinski definition) is 1. The first-order chi connectivity index (χ1) is 15.1. The van der Waals surface area contributed by atoms with Gasteiger partial charge in [-0.25, -0.2) is 0 Å². The summed E-state index contributed by atoms with van der Waals surface area (Å²) >= 11 is 0. The molecule has 4 rings (SSSR count). The highest BCUT2D eigenvalue weighted by Gasteiger charge is 2.24. The van der Waals surface area contributed by atoms with Crippen molar-refractivity contribution in [1.82, 2.24) is 15.4 Å². The molecule has 3 aromatic rings. The Morgan fingerprint density at radius 1 is 1.10 bits per heavy atom. The molecule has 1 saturated heterocycles. The maximum atomic E-state index is 12.8. The highest BCUT2D eigenvalue weighted by molar-refractivity contribution is 5.93. The zero-order valence-corrected chi connectivity index (χ0v) is 18.0. The van der Waals surface area contributed by atoms with Crippen LogP contribution in [0.3, 0.4) is 0 Å². The summed E-state index contributed by atoms with van der Waals surface area (Å²) in [7, 11) is 4.05. The summed E-state index contributed by atoms with van der Waals surface area (Å²) in [5, 5.41) is 7.00. The zero-order valence-electron chi connectivity index (χ0n) is 18.0. The van der Waals surface area contributed by atoms with Crippen LogP contribution in [-0.4, -0.2) is 62.9 Å². The number of rotatable bonds is 7. The summed E-state index contributed by atoms with van der Waals surface area (Å²) in [6.45, 7) is 3.54. The van der Waals surface area contributed by atoms with Gasteiger partial charge in [-0.15, -0.1) is 0 Å². The van der Waals surface area contributed by atoms with Crippen LogP contribution in [0.25, 0.3) is 11.3 Å². The van der Waals surface area contributed by atoms with Crippen LogP contribution in [0, 0.1) is 0 Å². The van der Waals surface area contributed by atoms with Crippen molar-refractivity contribution >= 4 is 11.6 Å². The average molecular weight is 421 g/mol. The van der Waals surface area contributed by atoms with E-state index in [0.717, 1.165) is 29.9 Å². The van der Waals surface area contributed by atoms with Crippen LogP contribution in [0.4, 0.5) is 5.69 Å². The first kappa shape index (κ1) is 21.1. The number of amides is 1. The summed E-state index contributed by atoms with van der Waals surface area (Å²) in [5.41, 5.74) is 3.48. The van der Waals surface area contributed by atoms with Crippen molar-refractivity contribution in [3.63, 3.8) is 0 Å². The van der Waals surface area contributed by atoms with Crippen molar-refractivity contribution in [2.24, 2.45) is 0 Å². The minimum absolute atomic E-state index is 0.0598. The van der Waals surface area contributed by atoms with Crippen molar-refractivity contribution in [2.75, 3.05) is 51.8 Å². The molecule has 7 nitrogen and oxygen atoms in total. The lowest BCUT2D eigenvalue weighted by Gasteiger charge is -2.35. The molecule has 1 amide bonds. The van der Waals surface area contributed by atoms with Crippen molar-refractivity contribution in [1.29, 1.82) is 0 Å². The summed E-state index contributed by atoms with van der Waals surface area (Å²) in [4.78, 5) is 17.2. The Labute approximate surface area is 182 Å². The van der Waals surface area contributed by atoms with Gasteiger partial charge in [0.15, 0.2) is 11.5 Å². The maximum Gasteiger partial charge on any atom is 0.273 e. The third kappa shape index (κ3) is 5.13. The molecule has 0 radical (unpaired) electrons. The van der Waals surface area contributed by atoms with Gasteiger partial charge in [-0.1, -0.05) is 47.6 Å². The van der Waals surface area contributed by atoms with Crippen LogP contribution in [0.15, 0.2) is 65.2 Å². The van der Waals surface area contributed by atoms with Gasteiger partial charge >= 0.3 is 0 Å². The van der Waals surface area contributed by atoms with Crippen LogP contribution < -0.4 is 10.2 Å². The van der Waals surface area contributed by atoms with Crippen LogP contribution >= 0.6 is 0 Å². The molecule has 1 atom stereocenters. The molecule has 31 heavy (non-hydrogen) atoms. The second-order valence-electron chi connectivity index (χ2n) is 7.80. The van der Waals surface area contributed by atoms with Crippen molar-refractivity contribution in [3.8, 4) is 11.3 Å². The molecule has 0 saturated carbocycles. The predicted octanol–water partition coefficient (Wildman–Crippen LogP) is 3.21. The highest BCUT2D eigenvalue weighted by Crippen LogP contribution is 2.24. The van der Waals surface area contributed by atoms with E-state index in [0.29, 0.717) is 25.5 Å². The lowest BCUT2D eigenvalue weighted by molar-refractivity contribution is 0.0162. The fourth-order valence-corrected chi connectivity index (χ4v) is 3.74. The van der Waals surface area contributed by atoms with E-state index in [9.17, 15) is 4.79 Å². The van der Waals surface area contributed by atoms with Gasteiger partial charge in [0.25, 0.3) is 5.91 Å². The number of ether oxygens (including phenoxy) is 1. The van der Waals surface area contributed by atoms with Crippen molar-refractivity contribution < 1.29 is 14.1 Å². The predicted molar refractivity (Wildman–Crippen MR) is 120 cm³/mol. The number of morpholine rings is 1. The standard InChI is InChI=1S/C24H28N4O3/c1-27(2)20-10-8-18(9-11-20)22(28-12-14-30-15-13-28)17-25-24(29)21-16-23(31-26-21)19-6-4-3-5-7-19/h3-11,16,22H,12-15,17H2,1-2H3,(H,25,29)/t22-/m0/s1.